The summed E-state index contributed by atoms with van der Waals surface area (Å²) >= 11 is 1.42. The monoisotopic (exact) mass is 264 g/mol. The second-order valence-electron chi connectivity index (χ2n) is 4.02. The van der Waals surface area contributed by atoms with E-state index in [0.29, 0.717) is 5.22 Å². The van der Waals surface area contributed by atoms with Crippen molar-refractivity contribution in [3.8, 4) is 0 Å². The van der Waals surface area contributed by atoms with Gasteiger partial charge >= 0.3 is 0 Å². The fourth-order valence-electron chi connectivity index (χ4n) is 1.52. The molecule has 0 radical (unpaired) electrons. The number of aryl methyl sites for hydroxylation is 3. The van der Waals surface area contributed by atoms with E-state index in [1.54, 1.807) is 0 Å². The van der Waals surface area contributed by atoms with Gasteiger partial charge in [-0.25, -0.2) is 15.0 Å². The molecule has 0 aliphatic heterocycles. The summed E-state index contributed by atoms with van der Waals surface area (Å²) in [6.07, 6.45) is 0. The fraction of sp³-hybridized carbons (Fsp3) is 0.417. The third-order valence-corrected chi connectivity index (χ3v) is 3.58. The molecule has 0 fully saturated rings. The smallest absolute Gasteiger partial charge is 0.262 e. The summed E-state index contributed by atoms with van der Waals surface area (Å²) in [4.78, 5) is 13.1. The van der Waals surface area contributed by atoms with Crippen LogP contribution in [0.5, 0.6) is 0 Å². The Kier molecular flexibility index (Phi) is 3.56. The topological polar surface area (TPSA) is 63.8 Å². The Labute approximate surface area is 110 Å². The van der Waals surface area contributed by atoms with Crippen LogP contribution in [0, 0.1) is 27.7 Å². The van der Waals surface area contributed by atoms with Gasteiger partial charge < -0.3 is 9.73 Å². The lowest BCUT2D eigenvalue weighted by Gasteiger charge is -2.08. The summed E-state index contributed by atoms with van der Waals surface area (Å²) < 4.78 is 5.56. The third-order valence-electron chi connectivity index (χ3n) is 2.64. The highest BCUT2D eigenvalue weighted by Gasteiger charge is 2.13. The molecule has 0 unspecified atom stereocenters. The molecule has 2 heterocycles. The molecule has 96 valence electrons. The first-order valence-corrected chi connectivity index (χ1v) is 6.47. The van der Waals surface area contributed by atoms with Crippen molar-refractivity contribution in [1.82, 2.24) is 15.0 Å². The molecule has 1 N–H and O–H groups in total. The van der Waals surface area contributed by atoms with Gasteiger partial charge in [-0.2, -0.15) is 0 Å². The van der Waals surface area contributed by atoms with Gasteiger partial charge in [0.25, 0.3) is 5.22 Å². The van der Waals surface area contributed by atoms with Crippen LogP contribution in [-0.2, 0) is 0 Å². The maximum atomic E-state index is 5.56. The van der Waals surface area contributed by atoms with E-state index in [9.17, 15) is 0 Å². The highest BCUT2D eigenvalue weighted by atomic mass is 32.2. The molecule has 6 heteroatoms. The molecule has 0 aromatic carbocycles. The van der Waals surface area contributed by atoms with E-state index < -0.39 is 0 Å². The van der Waals surface area contributed by atoms with E-state index in [4.69, 9.17) is 4.42 Å². The molecule has 0 spiro atoms. The first kappa shape index (κ1) is 12.9. The zero-order chi connectivity index (χ0) is 13.3. The van der Waals surface area contributed by atoms with Gasteiger partial charge in [0.05, 0.1) is 5.69 Å². The second kappa shape index (κ2) is 4.97. The molecule has 2 aromatic rings. The minimum atomic E-state index is 0.619. The van der Waals surface area contributed by atoms with Crippen LogP contribution in [0.2, 0.25) is 0 Å². The summed E-state index contributed by atoms with van der Waals surface area (Å²) in [7, 11) is 1.85. The van der Waals surface area contributed by atoms with Crippen LogP contribution < -0.4 is 5.32 Å². The van der Waals surface area contributed by atoms with E-state index in [2.05, 4.69) is 20.3 Å². The number of hydrogen-bond acceptors (Lipinski definition) is 6. The number of oxazole rings is 1. The molecule has 5 nitrogen and oxygen atoms in total. The van der Waals surface area contributed by atoms with E-state index in [1.165, 1.54) is 11.8 Å². The SMILES string of the molecule is CNc1nc(C)nc(Sc2nc(C)c(C)o2)c1C. The highest BCUT2D eigenvalue weighted by Crippen LogP contribution is 2.31. The second-order valence-corrected chi connectivity index (χ2v) is 4.96. The minimum Gasteiger partial charge on any atom is -0.436 e. The molecule has 2 aromatic heterocycles. The number of hydrogen-bond donors (Lipinski definition) is 1. The van der Waals surface area contributed by atoms with Gasteiger partial charge in [0, 0.05) is 12.6 Å². The summed E-state index contributed by atoms with van der Waals surface area (Å²) in [5.41, 5.74) is 1.91. The number of rotatable bonds is 3. The molecule has 0 atom stereocenters. The molecular weight excluding hydrogens is 248 g/mol. The summed E-state index contributed by atoms with van der Waals surface area (Å²) in [5.74, 6) is 2.41. The van der Waals surface area contributed by atoms with Crippen molar-refractivity contribution in [2.75, 3.05) is 12.4 Å². The van der Waals surface area contributed by atoms with Gasteiger partial charge in [-0.05, 0) is 39.5 Å². The molecule has 0 saturated heterocycles. The largest absolute Gasteiger partial charge is 0.436 e. The van der Waals surface area contributed by atoms with Gasteiger partial charge in [-0.15, -0.1) is 0 Å². The van der Waals surface area contributed by atoms with Crippen molar-refractivity contribution in [2.24, 2.45) is 0 Å². The molecule has 0 amide bonds. The minimum absolute atomic E-state index is 0.619. The van der Waals surface area contributed by atoms with Crippen molar-refractivity contribution < 1.29 is 4.42 Å². The lowest BCUT2D eigenvalue weighted by molar-refractivity contribution is 0.431. The Hall–Kier alpha value is -1.56. The van der Waals surface area contributed by atoms with Crippen LogP contribution in [0.25, 0.3) is 0 Å². The van der Waals surface area contributed by atoms with Crippen LogP contribution in [0.3, 0.4) is 0 Å². The molecule has 18 heavy (non-hydrogen) atoms. The summed E-state index contributed by atoms with van der Waals surface area (Å²) in [6.45, 7) is 7.69. The molecule has 0 bridgehead atoms. The van der Waals surface area contributed by atoms with Gasteiger partial charge in [0.1, 0.15) is 22.4 Å². The van der Waals surface area contributed by atoms with Crippen LogP contribution in [0.4, 0.5) is 5.82 Å². The maximum absolute atomic E-state index is 5.56. The van der Waals surface area contributed by atoms with E-state index in [-0.39, 0.29) is 0 Å². The Morgan fingerprint density at radius 2 is 1.78 bits per heavy atom. The van der Waals surface area contributed by atoms with E-state index in [1.807, 2.05) is 34.7 Å². The number of nitrogens with zero attached hydrogens (tertiary/aromatic N) is 3. The van der Waals surface area contributed by atoms with Crippen molar-refractivity contribution in [1.29, 1.82) is 0 Å². The number of aromatic nitrogens is 3. The Balaban J connectivity index is 2.36. The summed E-state index contributed by atoms with van der Waals surface area (Å²) in [6, 6.07) is 0. The standard InChI is InChI=1S/C12H16N4OS/c1-6-10(13-5)15-9(4)16-11(6)18-12-14-7(2)8(3)17-12/h1-5H3,(H,13,15,16). The predicted octanol–water partition coefficient (Wildman–Crippen LogP) is 2.89. The zero-order valence-corrected chi connectivity index (χ0v) is 12.0. The molecule has 2 rings (SSSR count). The number of nitrogens with one attached hydrogen (secondary N) is 1. The normalized spacial score (nSPS) is 10.7. The van der Waals surface area contributed by atoms with Gasteiger partial charge in [0.15, 0.2) is 0 Å². The zero-order valence-electron chi connectivity index (χ0n) is 11.2. The average molecular weight is 264 g/mol. The Morgan fingerprint density at radius 3 is 2.33 bits per heavy atom. The van der Waals surface area contributed by atoms with Crippen molar-refractivity contribution in [3.05, 3.63) is 22.8 Å². The molecule has 0 saturated carbocycles. The fourth-order valence-corrected chi connectivity index (χ4v) is 2.46. The van der Waals surface area contributed by atoms with Crippen molar-refractivity contribution >= 4 is 17.6 Å². The van der Waals surface area contributed by atoms with Gasteiger partial charge in [-0.3, -0.25) is 0 Å². The summed E-state index contributed by atoms with van der Waals surface area (Å²) in [5, 5.41) is 4.55. The van der Waals surface area contributed by atoms with E-state index >= 15 is 0 Å². The van der Waals surface area contributed by atoms with Crippen molar-refractivity contribution in [2.45, 2.75) is 37.9 Å². The van der Waals surface area contributed by atoms with E-state index in [0.717, 1.165) is 33.7 Å². The first-order valence-electron chi connectivity index (χ1n) is 5.66. The maximum Gasteiger partial charge on any atom is 0.262 e. The Bertz CT molecular complexity index is 560. The number of anilines is 1. The van der Waals surface area contributed by atoms with Gasteiger partial charge in [0.2, 0.25) is 0 Å². The van der Waals surface area contributed by atoms with Crippen LogP contribution in [-0.4, -0.2) is 22.0 Å². The Morgan fingerprint density at radius 1 is 1.06 bits per heavy atom. The third kappa shape index (κ3) is 2.48. The van der Waals surface area contributed by atoms with Crippen molar-refractivity contribution in [3.63, 3.8) is 0 Å². The average Bonchev–Trinajstić information content (AvgIpc) is 2.62. The van der Waals surface area contributed by atoms with Crippen LogP contribution in [0.15, 0.2) is 14.7 Å². The molecular formula is C12H16N4OS. The first-order chi connectivity index (χ1) is 8.51. The molecule has 0 aliphatic carbocycles. The lowest BCUT2D eigenvalue weighted by Crippen LogP contribution is -2.01. The predicted molar refractivity (Wildman–Crippen MR) is 71.2 cm³/mol. The molecule has 0 aliphatic rings. The van der Waals surface area contributed by atoms with Crippen LogP contribution >= 0.6 is 11.8 Å². The highest BCUT2D eigenvalue weighted by molar-refractivity contribution is 7.99. The van der Waals surface area contributed by atoms with Gasteiger partial charge in [-0.1, -0.05) is 0 Å². The van der Waals surface area contributed by atoms with Crippen LogP contribution in [0.1, 0.15) is 22.8 Å². The quantitative estimate of drug-likeness (QED) is 0.860. The lowest BCUT2D eigenvalue weighted by atomic mass is 10.3.